The molecule has 7 nitrogen and oxygen atoms in total. The zero-order valence-corrected chi connectivity index (χ0v) is 14.3. The maximum atomic E-state index is 12.3. The Morgan fingerprint density at radius 1 is 1.29 bits per heavy atom. The number of hydrogen-bond donors (Lipinski definition) is 1. The van der Waals surface area contributed by atoms with Crippen molar-refractivity contribution in [2.24, 2.45) is 5.92 Å². The van der Waals surface area contributed by atoms with E-state index in [2.05, 4.69) is 25.5 Å². The van der Waals surface area contributed by atoms with E-state index in [0.29, 0.717) is 24.3 Å². The monoisotopic (exact) mass is 328 g/mol. The second-order valence-electron chi connectivity index (χ2n) is 7.12. The van der Waals surface area contributed by atoms with Crippen LogP contribution in [0.3, 0.4) is 0 Å². The van der Waals surface area contributed by atoms with Crippen LogP contribution < -0.4 is 5.32 Å². The number of aromatic nitrogens is 4. The number of carbonyl (C=O) groups is 1. The maximum absolute atomic E-state index is 12.3. The maximum Gasteiger partial charge on any atom is 0.223 e. The van der Waals surface area contributed by atoms with Crippen molar-refractivity contribution in [2.45, 2.75) is 52.0 Å². The van der Waals surface area contributed by atoms with Crippen molar-refractivity contribution in [3.05, 3.63) is 17.6 Å². The molecule has 1 aliphatic carbocycles. The lowest BCUT2D eigenvalue weighted by Crippen LogP contribution is -2.34. The van der Waals surface area contributed by atoms with E-state index in [4.69, 9.17) is 0 Å². The van der Waals surface area contributed by atoms with E-state index in [-0.39, 0.29) is 0 Å². The summed E-state index contributed by atoms with van der Waals surface area (Å²) in [6, 6.07) is 0.482. The third-order valence-electron chi connectivity index (χ3n) is 5.50. The summed E-state index contributed by atoms with van der Waals surface area (Å²) in [5, 5.41) is 16.1. The normalized spacial score (nSPS) is 22.0. The summed E-state index contributed by atoms with van der Waals surface area (Å²) in [5.74, 6) is 0.679. The number of nitrogens with one attached hydrogen (secondary N) is 1. The molecule has 1 saturated heterocycles. The summed E-state index contributed by atoms with van der Waals surface area (Å²) in [7, 11) is 0. The molecule has 0 spiro atoms. The molecule has 2 aromatic heterocycles. The average molecular weight is 328 g/mol. The van der Waals surface area contributed by atoms with Gasteiger partial charge in [-0.15, -0.1) is 10.2 Å². The SMILES string of the molecule is Cc1nn2cnnc2c(NCC2CC(=O)N(C3CCCC3)C2)c1C. The van der Waals surface area contributed by atoms with E-state index in [1.807, 2.05) is 13.8 Å². The summed E-state index contributed by atoms with van der Waals surface area (Å²) in [6.45, 7) is 5.69. The van der Waals surface area contributed by atoms with Crippen LogP contribution in [0.2, 0.25) is 0 Å². The van der Waals surface area contributed by atoms with Gasteiger partial charge in [-0.2, -0.15) is 9.61 Å². The smallest absolute Gasteiger partial charge is 0.223 e. The summed E-state index contributed by atoms with van der Waals surface area (Å²) in [6.07, 6.45) is 7.14. The fourth-order valence-corrected chi connectivity index (χ4v) is 4.03. The van der Waals surface area contributed by atoms with Gasteiger partial charge in [0.25, 0.3) is 0 Å². The number of aryl methyl sites for hydroxylation is 1. The minimum absolute atomic E-state index is 0.323. The highest BCUT2D eigenvalue weighted by Gasteiger charge is 2.35. The van der Waals surface area contributed by atoms with Crippen LogP contribution in [0.1, 0.15) is 43.4 Å². The predicted molar refractivity (Wildman–Crippen MR) is 90.8 cm³/mol. The first-order valence-electron chi connectivity index (χ1n) is 8.84. The van der Waals surface area contributed by atoms with Crippen molar-refractivity contribution in [2.75, 3.05) is 18.4 Å². The van der Waals surface area contributed by atoms with Gasteiger partial charge >= 0.3 is 0 Å². The number of nitrogens with zero attached hydrogens (tertiary/aromatic N) is 5. The van der Waals surface area contributed by atoms with Crippen LogP contribution in [0.4, 0.5) is 5.69 Å². The van der Waals surface area contributed by atoms with Crippen LogP contribution in [-0.2, 0) is 4.79 Å². The molecule has 1 N–H and O–H groups in total. The highest BCUT2D eigenvalue weighted by Crippen LogP contribution is 2.30. The second kappa shape index (κ2) is 6.03. The van der Waals surface area contributed by atoms with Gasteiger partial charge in [0.2, 0.25) is 11.6 Å². The van der Waals surface area contributed by atoms with Crippen molar-refractivity contribution >= 4 is 17.2 Å². The molecule has 1 unspecified atom stereocenters. The number of hydrogen-bond acceptors (Lipinski definition) is 5. The molecule has 1 atom stereocenters. The largest absolute Gasteiger partial charge is 0.381 e. The van der Waals surface area contributed by atoms with Crippen LogP contribution >= 0.6 is 0 Å². The molecule has 24 heavy (non-hydrogen) atoms. The minimum atomic E-state index is 0.323. The van der Waals surface area contributed by atoms with Crippen LogP contribution in [0.5, 0.6) is 0 Å². The Morgan fingerprint density at radius 3 is 2.88 bits per heavy atom. The van der Waals surface area contributed by atoms with Crippen molar-refractivity contribution in [1.82, 2.24) is 24.7 Å². The Bertz CT molecular complexity index is 764. The first-order valence-corrected chi connectivity index (χ1v) is 8.84. The van der Waals surface area contributed by atoms with Gasteiger partial charge in [0.15, 0.2) is 0 Å². The molecule has 2 aromatic rings. The van der Waals surface area contributed by atoms with Crippen LogP contribution in [0.25, 0.3) is 5.65 Å². The molecule has 4 rings (SSSR count). The molecule has 0 radical (unpaired) electrons. The Kier molecular flexibility index (Phi) is 3.86. The molecule has 1 amide bonds. The van der Waals surface area contributed by atoms with Gasteiger partial charge in [-0.05, 0) is 32.3 Å². The zero-order chi connectivity index (χ0) is 16.7. The van der Waals surface area contributed by atoms with E-state index in [1.165, 1.54) is 25.7 Å². The molecule has 128 valence electrons. The van der Waals surface area contributed by atoms with Crippen LogP contribution in [0.15, 0.2) is 6.33 Å². The van der Waals surface area contributed by atoms with Gasteiger partial charge in [0.05, 0.1) is 11.4 Å². The highest BCUT2D eigenvalue weighted by atomic mass is 16.2. The Hall–Kier alpha value is -2.18. The summed E-state index contributed by atoms with van der Waals surface area (Å²) in [4.78, 5) is 14.5. The molecular formula is C17H24N6O. The van der Waals surface area contributed by atoms with Crippen molar-refractivity contribution in [3.8, 4) is 0 Å². The third kappa shape index (κ3) is 2.61. The first-order chi connectivity index (χ1) is 11.6. The van der Waals surface area contributed by atoms with Gasteiger partial charge in [-0.1, -0.05) is 12.8 Å². The Labute approximate surface area is 141 Å². The number of likely N-dealkylation sites (tertiary alicyclic amines) is 1. The average Bonchev–Trinajstić information content (AvgIpc) is 3.28. The Morgan fingerprint density at radius 2 is 2.08 bits per heavy atom. The quantitative estimate of drug-likeness (QED) is 0.928. The van der Waals surface area contributed by atoms with Crippen LogP contribution in [0, 0.1) is 19.8 Å². The topological polar surface area (TPSA) is 75.4 Å². The molecule has 3 heterocycles. The van der Waals surface area contributed by atoms with Gasteiger partial charge < -0.3 is 10.2 Å². The molecule has 2 aliphatic rings. The fourth-order valence-electron chi connectivity index (χ4n) is 4.03. The third-order valence-corrected chi connectivity index (χ3v) is 5.50. The van der Waals surface area contributed by atoms with Crippen LogP contribution in [-0.4, -0.2) is 49.7 Å². The number of anilines is 1. The van der Waals surface area contributed by atoms with Gasteiger partial charge in [0, 0.05) is 31.5 Å². The van der Waals surface area contributed by atoms with Gasteiger partial charge in [-0.25, -0.2) is 0 Å². The fraction of sp³-hybridized carbons (Fsp3) is 0.647. The summed E-state index contributed by atoms with van der Waals surface area (Å²) >= 11 is 0. The van der Waals surface area contributed by atoms with E-state index in [0.717, 1.165) is 35.7 Å². The van der Waals surface area contributed by atoms with Crippen molar-refractivity contribution < 1.29 is 4.79 Å². The van der Waals surface area contributed by atoms with Gasteiger partial charge in [-0.3, -0.25) is 4.79 Å². The van der Waals surface area contributed by atoms with Crippen molar-refractivity contribution in [1.29, 1.82) is 0 Å². The number of fused-ring (bicyclic) bond motifs is 1. The molecular weight excluding hydrogens is 304 g/mol. The first kappa shape index (κ1) is 15.4. The van der Waals surface area contributed by atoms with E-state index < -0.39 is 0 Å². The molecule has 7 heteroatoms. The highest BCUT2D eigenvalue weighted by molar-refractivity contribution is 5.79. The standard InChI is InChI=1S/C17H24N6O/c1-11-12(2)21-23-10-19-20-17(23)16(11)18-8-13-7-15(24)22(9-13)14-5-3-4-6-14/h10,13-14,18H,3-9H2,1-2H3. The Balaban J connectivity index is 1.47. The lowest BCUT2D eigenvalue weighted by atomic mass is 10.1. The molecule has 1 saturated carbocycles. The van der Waals surface area contributed by atoms with E-state index in [1.54, 1.807) is 10.8 Å². The molecule has 0 aromatic carbocycles. The summed E-state index contributed by atoms with van der Waals surface area (Å²) < 4.78 is 1.70. The molecule has 0 bridgehead atoms. The summed E-state index contributed by atoms with van der Waals surface area (Å²) in [5.41, 5.74) is 3.77. The van der Waals surface area contributed by atoms with Gasteiger partial charge in [0.1, 0.15) is 6.33 Å². The number of rotatable bonds is 4. The van der Waals surface area contributed by atoms with E-state index >= 15 is 0 Å². The lowest BCUT2D eigenvalue weighted by molar-refractivity contribution is -0.129. The lowest BCUT2D eigenvalue weighted by Gasteiger charge is -2.24. The second-order valence-corrected chi connectivity index (χ2v) is 7.12. The van der Waals surface area contributed by atoms with E-state index in [9.17, 15) is 4.79 Å². The van der Waals surface area contributed by atoms with Crippen molar-refractivity contribution in [3.63, 3.8) is 0 Å². The predicted octanol–water partition coefficient (Wildman–Crippen LogP) is 1.94. The molecule has 2 fully saturated rings. The number of amides is 1. The minimum Gasteiger partial charge on any atom is -0.381 e. The number of carbonyl (C=O) groups excluding carboxylic acids is 1. The molecule has 1 aliphatic heterocycles. The zero-order valence-electron chi connectivity index (χ0n) is 14.3.